The topological polar surface area (TPSA) is 26.0 Å². The van der Waals surface area contributed by atoms with Crippen molar-refractivity contribution in [1.82, 2.24) is 4.98 Å². The fourth-order valence-corrected chi connectivity index (χ4v) is 5.98. The standard InChI is InChI=1S/C35H20ClNO/c36-30-11-5-9-28-26(8-4-10-29(28)30)24-16-18-27-25(20-24)15-14-21-12-13-22-17-19-31-34(33(22)32(21)27)38-35(37-31)23-6-2-1-3-7-23/h1-20H. The lowest BCUT2D eigenvalue weighted by Crippen LogP contribution is -1.85. The molecule has 1 aromatic heterocycles. The monoisotopic (exact) mass is 505 g/mol. The van der Waals surface area contributed by atoms with E-state index >= 15 is 0 Å². The maximum absolute atomic E-state index is 6.51. The highest BCUT2D eigenvalue weighted by atomic mass is 35.5. The zero-order valence-corrected chi connectivity index (χ0v) is 21.0. The zero-order valence-electron chi connectivity index (χ0n) is 20.3. The van der Waals surface area contributed by atoms with Gasteiger partial charge in [0.05, 0.1) is 0 Å². The van der Waals surface area contributed by atoms with Crippen LogP contribution in [-0.4, -0.2) is 4.98 Å². The van der Waals surface area contributed by atoms with E-state index < -0.39 is 0 Å². The normalized spacial score (nSPS) is 11.8. The molecule has 0 radical (unpaired) electrons. The Labute approximate surface area is 223 Å². The molecular weight excluding hydrogens is 486 g/mol. The molecule has 0 atom stereocenters. The van der Waals surface area contributed by atoms with E-state index in [2.05, 4.69) is 72.8 Å². The molecule has 0 saturated heterocycles. The number of benzene rings is 7. The third-order valence-electron chi connectivity index (χ3n) is 7.53. The van der Waals surface area contributed by atoms with Crippen LogP contribution in [0, 0.1) is 0 Å². The highest BCUT2D eigenvalue weighted by Crippen LogP contribution is 2.40. The highest BCUT2D eigenvalue weighted by Gasteiger charge is 2.15. The van der Waals surface area contributed by atoms with Crippen molar-refractivity contribution in [3.63, 3.8) is 0 Å². The maximum atomic E-state index is 6.51. The lowest BCUT2D eigenvalue weighted by atomic mass is 9.92. The van der Waals surface area contributed by atoms with E-state index in [1.54, 1.807) is 0 Å². The molecule has 0 unspecified atom stereocenters. The summed E-state index contributed by atoms with van der Waals surface area (Å²) in [5, 5.41) is 9.98. The smallest absolute Gasteiger partial charge is 0.227 e. The molecule has 0 spiro atoms. The number of oxazole rings is 1. The largest absolute Gasteiger partial charge is 0.435 e. The Hall–Kier alpha value is -4.66. The third kappa shape index (κ3) is 3.17. The van der Waals surface area contributed by atoms with Gasteiger partial charge in [-0.2, -0.15) is 0 Å². The van der Waals surface area contributed by atoms with E-state index in [4.69, 9.17) is 21.0 Å². The van der Waals surface area contributed by atoms with Crippen molar-refractivity contribution in [2.75, 3.05) is 0 Å². The van der Waals surface area contributed by atoms with Crippen LogP contribution in [-0.2, 0) is 0 Å². The third-order valence-corrected chi connectivity index (χ3v) is 7.86. The van der Waals surface area contributed by atoms with E-state index in [9.17, 15) is 0 Å². The Kier molecular flexibility index (Phi) is 4.61. The van der Waals surface area contributed by atoms with Gasteiger partial charge in [-0.25, -0.2) is 4.98 Å². The number of halogens is 1. The molecule has 0 aliphatic carbocycles. The molecule has 178 valence electrons. The minimum atomic E-state index is 0.641. The van der Waals surface area contributed by atoms with Gasteiger partial charge < -0.3 is 4.42 Å². The lowest BCUT2D eigenvalue weighted by Gasteiger charge is -2.12. The first-order valence-corrected chi connectivity index (χ1v) is 13.0. The summed E-state index contributed by atoms with van der Waals surface area (Å²) >= 11 is 6.51. The SMILES string of the molecule is Clc1cccc2c(-c3ccc4c(ccc5ccc6ccc7nc(-c8ccccc8)oc7c6c54)c3)cccc12. The molecule has 0 aliphatic heterocycles. The van der Waals surface area contributed by atoms with E-state index in [0.717, 1.165) is 43.2 Å². The Bertz CT molecular complexity index is 2190. The molecule has 7 aromatic carbocycles. The van der Waals surface area contributed by atoms with Gasteiger partial charge in [0.15, 0.2) is 5.58 Å². The molecule has 2 nitrogen and oxygen atoms in total. The van der Waals surface area contributed by atoms with Crippen molar-refractivity contribution in [3.05, 3.63) is 126 Å². The van der Waals surface area contributed by atoms with Crippen molar-refractivity contribution in [2.45, 2.75) is 0 Å². The first kappa shape index (κ1) is 21.4. The summed E-state index contributed by atoms with van der Waals surface area (Å²) in [7, 11) is 0. The molecule has 38 heavy (non-hydrogen) atoms. The van der Waals surface area contributed by atoms with Crippen LogP contribution in [0.4, 0.5) is 0 Å². The predicted octanol–water partition coefficient (Wildman–Crippen LogP) is 10.4. The average Bonchev–Trinajstić information content (AvgIpc) is 3.42. The van der Waals surface area contributed by atoms with Crippen molar-refractivity contribution in [1.29, 1.82) is 0 Å². The van der Waals surface area contributed by atoms with Crippen molar-refractivity contribution < 1.29 is 4.42 Å². The van der Waals surface area contributed by atoms with Crippen LogP contribution in [0.25, 0.3) is 76.8 Å². The zero-order chi connectivity index (χ0) is 25.2. The number of nitrogens with zero attached hydrogens (tertiary/aromatic N) is 1. The molecule has 0 N–H and O–H groups in total. The summed E-state index contributed by atoms with van der Waals surface area (Å²) < 4.78 is 6.45. The first-order chi connectivity index (χ1) is 18.7. The fraction of sp³-hybridized carbons (Fsp3) is 0. The Morgan fingerprint density at radius 1 is 0.526 bits per heavy atom. The number of hydrogen-bond acceptors (Lipinski definition) is 2. The first-order valence-electron chi connectivity index (χ1n) is 12.7. The van der Waals surface area contributed by atoms with Gasteiger partial charge >= 0.3 is 0 Å². The van der Waals surface area contributed by atoms with Crippen molar-refractivity contribution >= 4 is 65.8 Å². The fourth-order valence-electron chi connectivity index (χ4n) is 5.74. The van der Waals surface area contributed by atoms with Gasteiger partial charge in [-0.1, -0.05) is 103 Å². The number of hydrogen-bond donors (Lipinski definition) is 0. The molecular formula is C35H20ClNO. The van der Waals surface area contributed by atoms with E-state index in [1.165, 1.54) is 32.7 Å². The highest BCUT2D eigenvalue weighted by molar-refractivity contribution is 6.36. The maximum Gasteiger partial charge on any atom is 0.227 e. The van der Waals surface area contributed by atoms with Crippen LogP contribution in [0.1, 0.15) is 0 Å². The summed E-state index contributed by atoms with van der Waals surface area (Å²) in [5.41, 5.74) is 5.01. The van der Waals surface area contributed by atoms with Crippen molar-refractivity contribution in [2.24, 2.45) is 0 Å². The van der Waals surface area contributed by atoms with E-state index in [-0.39, 0.29) is 0 Å². The van der Waals surface area contributed by atoms with Gasteiger partial charge in [-0.15, -0.1) is 0 Å². The molecule has 8 aromatic rings. The Morgan fingerprint density at radius 2 is 1.26 bits per heavy atom. The average molecular weight is 506 g/mol. The predicted molar refractivity (Wildman–Crippen MR) is 160 cm³/mol. The van der Waals surface area contributed by atoms with Crippen LogP contribution >= 0.6 is 11.6 Å². The second kappa shape index (κ2) is 8.17. The molecule has 0 fully saturated rings. The quantitative estimate of drug-likeness (QED) is 0.218. The molecule has 3 heteroatoms. The summed E-state index contributed by atoms with van der Waals surface area (Å²) in [6.07, 6.45) is 0. The summed E-state index contributed by atoms with van der Waals surface area (Å²) in [4.78, 5) is 4.83. The minimum absolute atomic E-state index is 0.641. The Morgan fingerprint density at radius 3 is 2.13 bits per heavy atom. The van der Waals surface area contributed by atoms with E-state index in [1.807, 2.05) is 48.5 Å². The number of aromatic nitrogens is 1. The molecule has 0 amide bonds. The van der Waals surface area contributed by atoms with Gasteiger partial charge in [0, 0.05) is 26.7 Å². The minimum Gasteiger partial charge on any atom is -0.435 e. The molecule has 0 bridgehead atoms. The second-order valence-electron chi connectivity index (χ2n) is 9.70. The summed E-state index contributed by atoms with van der Waals surface area (Å²) in [5.74, 6) is 0.641. The van der Waals surface area contributed by atoms with Gasteiger partial charge in [-0.05, 0) is 68.4 Å². The molecule has 0 aliphatic rings. The summed E-state index contributed by atoms with van der Waals surface area (Å²) in [6, 6.07) is 42.2. The van der Waals surface area contributed by atoms with E-state index in [0.29, 0.717) is 5.89 Å². The number of fused-ring (bicyclic) bond motifs is 8. The Balaban J connectivity index is 1.41. The second-order valence-corrected chi connectivity index (χ2v) is 10.1. The van der Waals surface area contributed by atoms with Crippen LogP contribution in [0.2, 0.25) is 5.02 Å². The van der Waals surface area contributed by atoms with Crippen LogP contribution in [0.3, 0.4) is 0 Å². The summed E-state index contributed by atoms with van der Waals surface area (Å²) in [6.45, 7) is 0. The lowest BCUT2D eigenvalue weighted by molar-refractivity contribution is 0.623. The van der Waals surface area contributed by atoms with Crippen LogP contribution < -0.4 is 0 Å². The van der Waals surface area contributed by atoms with Crippen LogP contribution in [0.5, 0.6) is 0 Å². The molecule has 1 heterocycles. The van der Waals surface area contributed by atoms with Crippen molar-refractivity contribution in [3.8, 4) is 22.6 Å². The van der Waals surface area contributed by atoms with Gasteiger partial charge in [0.25, 0.3) is 0 Å². The van der Waals surface area contributed by atoms with Crippen LogP contribution in [0.15, 0.2) is 126 Å². The number of rotatable bonds is 2. The van der Waals surface area contributed by atoms with Gasteiger partial charge in [0.1, 0.15) is 5.52 Å². The molecule has 8 rings (SSSR count). The van der Waals surface area contributed by atoms with Gasteiger partial charge in [0.2, 0.25) is 5.89 Å². The molecule has 0 saturated carbocycles. The van der Waals surface area contributed by atoms with Gasteiger partial charge in [-0.3, -0.25) is 0 Å².